The van der Waals surface area contributed by atoms with E-state index in [0.29, 0.717) is 0 Å². The molecule has 1 aliphatic heterocycles. The summed E-state index contributed by atoms with van der Waals surface area (Å²) in [5, 5.41) is 23.1. The SMILES string of the molecule is CC(=O)N[C@@H]1[C@H](OCc2ccccc2)O[C@H](CO)[C@H](O)[C@H]1OCc1ccccc1. The van der Waals surface area contributed by atoms with E-state index in [2.05, 4.69) is 5.32 Å². The van der Waals surface area contributed by atoms with E-state index in [0.717, 1.165) is 11.1 Å². The lowest BCUT2D eigenvalue weighted by Gasteiger charge is -2.44. The smallest absolute Gasteiger partial charge is 0.217 e. The predicted molar refractivity (Wildman–Crippen MR) is 106 cm³/mol. The van der Waals surface area contributed by atoms with Gasteiger partial charge in [-0.2, -0.15) is 0 Å². The van der Waals surface area contributed by atoms with Gasteiger partial charge >= 0.3 is 0 Å². The summed E-state index contributed by atoms with van der Waals surface area (Å²) in [7, 11) is 0. The summed E-state index contributed by atoms with van der Waals surface area (Å²) >= 11 is 0. The van der Waals surface area contributed by atoms with Gasteiger partial charge in [0.05, 0.1) is 19.8 Å². The highest BCUT2D eigenvalue weighted by Crippen LogP contribution is 2.26. The van der Waals surface area contributed by atoms with Crippen LogP contribution in [0.15, 0.2) is 60.7 Å². The monoisotopic (exact) mass is 401 g/mol. The first-order valence-electron chi connectivity index (χ1n) is 9.61. The molecule has 1 saturated heterocycles. The third kappa shape index (κ3) is 5.85. The van der Waals surface area contributed by atoms with E-state index in [1.165, 1.54) is 6.92 Å². The van der Waals surface area contributed by atoms with Gasteiger partial charge in [-0.3, -0.25) is 4.79 Å². The summed E-state index contributed by atoms with van der Waals surface area (Å²) in [6.45, 7) is 1.47. The number of aliphatic hydroxyl groups is 2. The normalized spacial score (nSPS) is 26.8. The van der Waals surface area contributed by atoms with E-state index in [4.69, 9.17) is 14.2 Å². The van der Waals surface area contributed by atoms with Gasteiger partial charge in [-0.15, -0.1) is 0 Å². The molecule has 3 N–H and O–H groups in total. The van der Waals surface area contributed by atoms with Crippen LogP contribution in [0.5, 0.6) is 0 Å². The topological polar surface area (TPSA) is 97.3 Å². The maximum Gasteiger partial charge on any atom is 0.217 e. The molecule has 1 heterocycles. The molecule has 7 heteroatoms. The Morgan fingerprint density at radius 2 is 1.55 bits per heavy atom. The third-order valence-electron chi connectivity index (χ3n) is 4.77. The molecule has 0 spiro atoms. The van der Waals surface area contributed by atoms with E-state index in [1.54, 1.807) is 0 Å². The third-order valence-corrected chi connectivity index (χ3v) is 4.77. The van der Waals surface area contributed by atoms with Crippen molar-refractivity contribution >= 4 is 5.91 Å². The van der Waals surface area contributed by atoms with Crippen LogP contribution in [0, 0.1) is 0 Å². The average molecular weight is 401 g/mol. The maximum absolute atomic E-state index is 11.8. The van der Waals surface area contributed by atoms with Crippen LogP contribution in [-0.2, 0) is 32.2 Å². The molecule has 0 aromatic heterocycles. The Morgan fingerprint density at radius 3 is 2.07 bits per heavy atom. The van der Waals surface area contributed by atoms with Crippen molar-refractivity contribution in [3.05, 3.63) is 71.8 Å². The van der Waals surface area contributed by atoms with Crippen LogP contribution in [0.2, 0.25) is 0 Å². The molecule has 1 amide bonds. The molecule has 1 aliphatic rings. The second kappa shape index (κ2) is 10.5. The molecule has 2 aromatic rings. The molecule has 0 bridgehead atoms. The molecule has 0 aliphatic carbocycles. The molecule has 0 radical (unpaired) electrons. The number of nitrogens with one attached hydrogen (secondary N) is 1. The van der Waals surface area contributed by atoms with Crippen molar-refractivity contribution < 1.29 is 29.2 Å². The minimum absolute atomic E-state index is 0.238. The van der Waals surface area contributed by atoms with Gasteiger partial charge in [0.2, 0.25) is 5.91 Å². The molecule has 7 nitrogen and oxygen atoms in total. The van der Waals surface area contributed by atoms with Crippen LogP contribution in [0.25, 0.3) is 0 Å². The van der Waals surface area contributed by atoms with E-state index < -0.39 is 37.3 Å². The number of rotatable bonds is 8. The molecular weight excluding hydrogens is 374 g/mol. The minimum atomic E-state index is -1.13. The number of aliphatic hydroxyl groups excluding tert-OH is 2. The summed E-state index contributed by atoms with van der Waals surface area (Å²) in [5.41, 5.74) is 1.86. The Hall–Kier alpha value is -2.29. The highest BCUT2D eigenvalue weighted by atomic mass is 16.7. The maximum atomic E-state index is 11.8. The number of hydrogen-bond acceptors (Lipinski definition) is 6. The van der Waals surface area contributed by atoms with Gasteiger partial charge < -0.3 is 29.7 Å². The molecule has 0 unspecified atom stereocenters. The highest BCUT2D eigenvalue weighted by Gasteiger charge is 2.46. The zero-order chi connectivity index (χ0) is 20.6. The van der Waals surface area contributed by atoms with Crippen molar-refractivity contribution in [2.24, 2.45) is 0 Å². The fourth-order valence-electron chi connectivity index (χ4n) is 3.32. The van der Waals surface area contributed by atoms with Gasteiger partial charge in [0.15, 0.2) is 6.29 Å². The number of ether oxygens (including phenoxy) is 3. The quantitative estimate of drug-likeness (QED) is 0.618. The van der Waals surface area contributed by atoms with Gasteiger partial charge in [-0.1, -0.05) is 60.7 Å². The van der Waals surface area contributed by atoms with Gasteiger partial charge in [-0.05, 0) is 11.1 Å². The highest BCUT2D eigenvalue weighted by molar-refractivity contribution is 5.73. The summed E-state index contributed by atoms with van der Waals surface area (Å²) in [5.74, 6) is -0.296. The molecular formula is C22H27NO6. The van der Waals surface area contributed by atoms with Crippen molar-refractivity contribution in [1.82, 2.24) is 5.32 Å². The van der Waals surface area contributed by atoms with Gasteiger partial charge in [-0.25, -0.2) is 0 Å². The summed E-state index contributed by atoms with van der Waals surface area (Å²) in [6.07, 6.45) is -3.72. The lowest BCUT2D eigenvalue weighted by atomic mass is 9.96. The van der Waals surface area contributed by atoms with Gasteiger partial charge in [0.1, 0.15) is 24.4 Å². The van der Waals surface area contributed by atoms with Crippen LogP contribution >= 0.6 is 0 Å². The minimum Gasteiger partial charge on any atom is -0.394 e. The molecule has 5 atom stereocenters. The number of benzene rings is 2. The van der Waals surface area contributed by atoms with Crippen molar-refractivity contribution in [2.75, 3.05) is 6.61 Å². The Morgan fingerprint density at radius 1 is 1.00 bits per heavy atom. The first-order valence-corrected chi connectivity index (χ1v) is 9.61. The van der Waals surface area contributed by atoms with Crippen molar-refractivity contribution in [2.45, 2.75) is 50.8 Å². The van der Waals surface area contributed by atoms with Crippen LogP contribution in [0.3, 0.4) is 0 Å². The summed E-state index contributed by atoms with van der Waals surface area (Å²) < 4.78 is 17.6. The molecule has 156 valence electrons. The number of carbonyl (C=O) groups excluding carboxylic acids is 1. The van der Waals surface area contributed by atoms with E-state index >= 15 is 0 Å². The van der Waals surface area contributed by atoms with E-state index in [1.807, 2.05) is 60.7 Å². The molecule has 2 aromatic carbocycles. The van der Waals surface area contributed by atoms with Crippen LogP contribution in [-0.4, -0.2) is 53.4 Å². The molecule has 0 saturated carbocycles. The second-order valence-corrected chi connectivity index (χ2v) is 7.00. The fourth-order valence-corrected chi connectivity index (χ4v) is 3.32. The second-order valence-electron chi connectivity index (χ2n) is 7.00. The molecule has 29 heavy (non-hydrogen) atoms. The fraction of sp³-hybridized carbons (Fsp3) is 0.409. The Balaban J connectivity index is 1.76. The van der Waals surface area contributed by atoms with Crippen LogP contribution < -0.4 is 5.32 Å². The van der Waals surface area contributed by atoms with Gasteiger partial charge in [0.25, 0.3) is 0 Å². The zero-order valence-corrected chi connectivity index (χ0v) is 16.3. The first-order chi connectivity index (χ1) is 14.1. The molecule has 1 fully saturated rings. The predicted octanol–water partition coefficient (Wildman–Crippen LogP) is 1.37. The van der Waals surface area contributed by atoms with Gasteiger partial charge in [0, 0.05) is 6.92 Å². The van der Waals surface area contributed by atoms with E-state index in [-0.39, 0.29) is 19.1 Å². The lowest BCUT2D eigenvalue weighted by molar-refractivity contribution is -0.281. The van der Waals surface area contributed by atoms with Crippen molar-refractivity contribution in [3.63, 3.8) is 0 Å². The van der Waals surface area contributed by atoms with Crippen molar-refractivity contribution in [3.8, 4) is 0 Å². The van der Waals surface area contributed by atoms with Crippen molar-refractivity contribution in [1.29, 1.82) is 0 Å². The largest absolute Gasteiger partial charge is 0.394 e. The summed E-state index contributed by atoms with van der Waals surface area (Å²) in [4.78, 5) is 11.8. The van der Waals surface area contributed by atoms with E-state index in [9.17, 15) is 15.0 Å². The lowest BCUT2D eigenvalue weighted by Crippen LogP contribution is -2.65. The average Bonchev–Trinajstić information content (AvgIpc) is 2.74. The number of carbonyl (C=O) groups is 1. The standard InChI is InChI=1S/C22H27NO6/c1-15(25)23-19-21(27-13-16-8-4-2-5-9-16)20(26)18(12-24)29-22(19)28-14-17-10-6-3-7-11-17/h2-11,18-22,24,26H,12-14H2,1H3,(H,23,25)/t18-,19+,20+,21+,22-/m1/s1. The number of hydrogen-bond donors (Lipinski definition) is 3. The Kier molecular flexibility index (Phi) is 7.74. The number of amides is 1. The van der Waals surface area contributed by atoms with Crippen LogP contribution in [0.1, 0.15) is 18.1 Å². The first kappa shape index (κ1) is 21.4. The Labute approximate surface area is 170 Å². The summed E-state index contributed by atoms with van der Waals surface area (Å²) in [6, 6.07) is 18.3. The van der Waals surface area contributed by atoms with Crippen LogP contribution in [0.4, 0.5) is 0 Å². The zero-order valence-electron chi connectivity index (χ0n) is 16.3. The molecule has 3 rings (SSSR count). The Bertz CT molecular complexity index is 756.